The molecular weight excluding hydrogens is 266 g/mol. The second-order valence-corrected chi connectivity index (χ2v) is 5.17. The Bertz CT molecular complexity index is 457. The SMILES string of the molecule is C=CCCCCCCCc1cc(OC)cc[n+]1CC(=O)O. The van der Waals surface area contributed by atoms with Gasteiger partial charge in [-0.05, 0) is 19.3 Å². The van der Waals surface area contributed by atoms with Crippen LogP contribution in [0, 0.1) is 0 Å². The smallest absolute Gasteiger partial charge is 0.370 e. The third-order valence-electron chi connectivity index (χ3n) is 3.48. The molecule has 1 rings (SSSR count). The van der Waals surface area contributed by atoms with E-state index in [0.717, 1.165) is 30.7 Å². The molecule has 21 heavy (non-hydrogen) atoms. The van der Waals surface area contributed by atoms with Gasteiger partial charge in [0.05, 0.1) is 7.11 Å². The van der Waals surface area contributed by atoms with Gasteiger partial charge in [0.2, 0.25) is 6.54 Å². The van der Waals surface area contributed by atoms with Crippen molar-refractivity contribution in [3.63, 3.8) is 0 Å². The second kappa shape index (κ2) is 9.97. The van der Waals surface area contributed by atoms with E-state index < -0.39 is 5.97 Å². The highest BCUT2D eigenvalue weighted by molar-refractivity contribution is 5.64. The van der Waals surface area contributed by atoms with Crippen LogP contribution in [0.3, 0.4) is 0 Å². The molecule has 0 amide bonds. The molecule has 4 heteroatoms. The Kier molecular flexibility index (Phi) is 8.17. The molecule has 0 aliphatic carbocycles. The van der Waals surface area contributed by atoms with Crippen molar-refractivity contribution in [2.75, 3.05) is 7.11 Å². The van der Waals surface area contributed by atoms with E-state index in [9.17, 15) is 4.79 Å². The fourth-order valence-electron chi connectivity index (χ4n) is 2.32. The van der Waals surface area contributed by atoms with Crippen molar-refractivity contribution >= 4 is 5.97 Å². The number of allylic oxidation sites excluding steroid dienone is 1. The van der Waals surface area contributed by atoms with Crippen LogP contribution in [0.4, 0.5) is 0 Å². The molecule has 1 N–H and O–H groups in total. The fraction of sp³-hybridized carbons (Fsp3) is 0.529. The Hall–Kier alpha value is -1.84. The first-order valence-corrected chi connectivity index (χ1v) is 7.56. The summed E-state index contributed by atoms with van der Waals surface area (Å²) in [7, 11) is 1.63. The minimum absolute atomic E-state index is 0.00133. The number of unbranched alkanes of at least 4 members (excludes halogenated alkanes) is 5. The summed E-state index contributed by atoms with van der Waals surface area (Å²) >= 11 is 0. The average molecular weight is 292 g/mol. The normalized spacial score (nSPS) is 10.3. The molecule has 0 bridgehead atoms. The summed E-state index contributed by atoms with van der Waals surface area (Å²) in [4.78, 5) is 10.9. The van der Waals surface area contributed by atoms with Crippen molar-refractivity contribution in [1.29, 1.82) is 0 Å². The van der Waals surface area contributed by atoms with E-state index in [0.29, 0.717) is 0 Å². The van der Waals surface area contributed by atoms with Gasteiger partial charge in [0.25, 0.3) is 0 Å². The van der Waals surface area contributed by atoms with E-state index in [-0.39, 0.29) is 6.54 Å². The van der Waals surface area contributed by atoms with Crippen molar-refractivity contribution in [2.24, 2.45) is 0 Å². The minimum Gasteiger partial charge on any atom is -0.496 e. The molecule has 0 aliphatic rings. The van der Waals surface area contributed by atoms with E-state index >= 15 is 0 Å². The lowest BCUT2D eigenvalue weighted by molar-refractivity contribution is -0.693. The van der Waals surface area contributed by atoms with Crippen molar-refractivity contribution in [3.8, 4) is 5.75 Å². The predicted molar refractivity (Wildman–Crippen MR) is 82.4 cm³/mol. The number of carboxylic acids is 1. The van der Waals surface area contributed by atoms with Crippen molar-refractivity contribution in [1.82, 2.24) is 0 Å². The monoisotopic (exact) mass is 292 g/mol. The highest BCUT2D eigenvalue weighted by atomic mass is 16.5. The van der Waals surface area contributed by atoms with Gasteiger partial charge in [-0.3, -0.25) is 0 Å². The van der Waals surface area contributed by atoms with Crippen LogP contribution in [-0.2, 0) is 17.8 Å². The number of carboxylic acid groups (broad SMARTS) is 1. The molecule has 1 heterocycles. The summed E-state index contributed by atoms with van der Waals surface area (Å²) in [6.07, 6.45) is 11.6. The third-order valence-corrected chi connectivity index (χ3v) is 3.48. The van der Waals surface area contributed by atoms with Gasteiger partial charge in [0, 0.05) is 18.6 Å². The number of pyridine rings is 1. The fourth-order valence-corrected chi connectivity index (χ4v) is 2.32. The molecule has 0 radical (unpaired) electrons. The quantitative estimate of drug-likeness (QED) is 0.387. The number of aliphatic carboxylic acids is 1. The zero-order valence-electron chi connectivity index (χ0n) is 12.9. The van der Waals surface area contributed by atoms with E-state index in [2.05, 4.69) is 6.58 Å². The molecular formula is C17H26NO3+. The highest BCUT2D eigenvalue weighted by Crippen LogP contribution is 2.13. The van der Waals surface area contributed by atoms with Crippen LogP contribution in [0.5, 0.6) is 5.75 Å². The number of aryl methyl sites for hydroxylation is 1. The number of nitrogens with zero attached hydrogens (tertiary/aromatic N) is 1. The lowest BCUT2D eigenvalue weighted by Crippen LogP contribution is -2.41. The van der Waals surface area contributed by atoms with Crippen molar-refractivity contribution < 1.29 is 19.2 Å². The van der Waals surface area contributed by atoms with E-state index in [1.54, 1.807) is 23.9 Å². The van der Waals surface area contributed by atoms with E-state index in [1.165, 1.54) is 25.7 Å². The maximum absolute atomic E-state index is 10.9. The zero-order valence-corrected chi connectivity index (χ0v) is 12.9. The van der Waals surface area contributed by atoms with Gasteiger partial charge in [-0.1, -0.05) is 25.3 Å². The van der Waals surface area contributed by atoms with Gasteiger partial charge in [0.1, 0.15) is 5.75 Å². The average Bonchev–Trinajstić information content (AvgIpc) is 2.47. The van der Waals surface area contributed by atoms with Crippen LogP contribution in [0.2, 0.25) is 0 Å². The number of ether oxygens (including phenoxy) is 1. The van der Waals surface area contributed by atoms with Crippen LogP contribution in [0.25, 0.3) is 0 Å². The minimum atomic E-state index is -0.823. The number of hydrogen-bond donors (Lipinski definition) is 1. The number of aromatic nitrogens is 1. The largest absolute Gasteiger partial charge is 0.496 e. The molecule has 0 unspecified atom stereocenters. The number of carbonyl (C=O) groups is 1. The molecule has 0 aromatic carbocycles. The summed E-state index contributed by atoms with van der Waals surface area (Å²) in [6.45, 7) is 3.72. The molecule has 116 valence electrons. The van der Waals surface area contributed by atoms with E-state index in [4.69, 9.17) is 9.84 Å². The summed E-state index contributed by atoms with van der Waals surface area (Å²) in [5, 5.41) is 8.95. The van der Waals surface area contributed by atoms with Gasteiger partial charge in [0.15, 0.2) is 11.9 Å². The van der Waals surface area contributed by atoms with Crippen molar-refractivity contribution in [3.05, 3.63) is 36.7 Å². The topological polar surface area (TPSA) is 50.4 Å². The van der Waals surface area contributed by atoms with Gasteiger partial charge in [-0.15, -0.1) is 6.58 Å². The van der Waals surface area contributed by atoms with Crippen LogP contribution in [-0.4, -0.2) is 18.2 Å². The molecule has 4 nitrogen and oxygen atoms in total. The second-order valence-electron chi connectivity index (χ2n) is 5.17. The summed E-state index contributed by atoms with van der Waals surface area (Å²) in [5.74, 6) is -0.0477. The Balaban J connectivity index is 2.47. The first-order valence-electron chi connectivity index (χ1n) is 7.56. The molecule has 0 fully saturated rings. The van der Waals surface area contributed by atoms with Gasteiger partial charge in [-0.25, -0.2) is 4.79 Å². The van der Waals surface area contributed by atoms with Gasteiger partial charge < -0.3 is 9.84 Å². The molecule has 0 aliphatic heterocycles. The molecule has 0 saturated carbocycles. The standard InChI is InChI=1S/C17H25NO3/c1-3-4-5-6-7-8-9-10-15-13-16(21-2)11-12-18(15)14-17(19)20/h3,11-13H,1,4-10,14H2,2H3/p+1. The highest BCUT2D eigenvalue weighted by Gasteiger charge is 2.15. The Morgan fingerprint density at radius 1 is 1.33 bits per heavy atom. The van der Waals surface area contributed by atoms with Crippen LogP contribution < -0.4 is 9.30 Å². The third kappa shape index (κ3) is 6.93. The number of methoxy groups -OCH3 is 1. The van der Waals surface area contributed by atoms with Gasteiger partial charge >= 0.3 is 5.97 Å². The first-order chi connectivity index (χ1) is 10.2. The molecule has 0 spiro atoms. The van der Waals surface area contributed by atoms with Crippen molar-refractivity contribution in [2.45, 2.75) is 51.5 Å². The molecule has 0 saturated heterocycles. The lowest BCUT2D eigenvalue weighted by Gasteiger charge is -2.05. The van der Waals surface area contributed by atoms with E-state index in [1.807, 2.05) is 12.1 Å². The van der Waals surface area contributed by atoms with Crippen LogP contribution in [0.1, 0.15) is 44.2 Å². The number of rotatable bonds is 11. The van der Waals surface area contributed by atoms with Gasteiger partial charge in [-0.2, -0.15) is 4.57 Å². The number of hydrogen-bond acceptors (Lipinski definition) is 2. The predicted octanol–water partition coefficient (Wildman–Crippen LogP) is 3.14. The van der Waals surface area contributed by atoms with Crippen LogP contribution >= 0.6 is 0 Å². The first kappa shape index (κ1) is 17.2. The zero-order chi connectivity index (χ0) is 15.5. The summed E-state index contributed by atoms with van der Waals surface area (Å²) < 4.78 is 7.00. The van der Waals surface area contributed by atoms with Crippen LogP contribution in [0.15, 0.2) is 31.0 Å². The molecule has 1 aromatic heterocycles. The Labute approximate surface area is 127 Å². The molecule has 0 atom stereocenters. The maximum atomic E-state index is 10.9. The summed E-state index contributed by atoms with van der Waals surface area (Å²) in [5.41, 5.74) is 1.02. The summed E-state index contributed by atoms with van der Waals surface area (Å²) in [6, 6.07) is 3.72. The maximum Gasteiger partial charge on any atom is 0.370 e. The lowest BCUT2D eigenvalue weighted by atomic mass is 10.1. The molecule has 1 aromatic rings. The Morgan fingerprint density at radius 2 is 2.05 bits per heavy atom. The Morgan fingerprint density at radius 3 is 2.71 bits per heavy atom.